The van der Waals surface area contributed by atoms with Gasteiger partial charge in [0.2, 0.25) is 0 Å². The van der Waals surface area contributed by atoms with Crippen LogP contribution in [0.25, 0.3) is 0 Å². The van der Waals surface area contributed by atoms with Crippen LogP contribution in [0.1, 0.15) is 31.2 Å². The molecule has 82 valence electrons. The quantitative estimate of drug-likeness (QED) is 0.803. The molecular formula is C12H17BrN2. The van der Waals surface area contributed by atoms with E-state index in [-0.39, 0.29) is 0 Å². The van der Waals surface area contributed by atoms with Gasteiger partial charge in [-0.1, -0.05) is 0 Å². The first-order valence-corrected chi connectivity index (χ1v) is 6.47. The maximum Gasteiger partial charge on any atom is 0.0410 e. The molecule has 1 fully saturated rings. The van der Waals surface area contributed by atoms with Crippen LogP contribution < -0.4 is 5.32 Å². The van der Waals surface area contributed by atoms with Gasteiger partial charge in [-0.2, -0.15) is 0 Å². The van der Waals surface area contributed by atoms with E-state index in [0.29, 0.717) is 0 Å². The van der Waals surface area contributed by atoms with Gasteiger partial charge in [0.25, 0.3) is 0 Å². The van der Waals surface area contributed by atoms with Crippen LogP contribution in [0.2, 0.25) is 0 Å². The van der Waals surface area contributed by atoms with Crippen LogP contribution in [0, 0.1) is 0 Å². The molecule has 2 rings (SSSR count). The molecule has 15 heavy (non-hydrogen) atoms. The summed E-state index contributed by atoms with van der Waals surface area (Å²) in [6, 6.07) is 3.00. The number of unbranched alkanes of at least 4 members (excludes halogenated alkanes) is 1. The van der Waals surface area contributed by atoms with Gasteiger partial charge in [0.05, 0.1) is 0 Å². The Morgan fingerprint density at radius 2 is 2.20 bits per heavy atom. The summed E-state index contributed by atoms with van der Waals surface area (Å²) < 4.78 is 1.08. The van der Waals surface area contributed by atoms with Crippen LogP contribution in [0.5, 0.6) is 0 Å². The van der Waals surface area contributed by atoms with Crippen molar-refractivity contribution in [3.05, 3.63) is 28.5 Å². The molecule has 0 aliphatic heterocycles. The Bertz CT molecular complexity index is 310. The molecule has 0 aromatic carbocycles. The number of nitrogens with one attached hydrogen (secondary N) is 1. The number of hydrogen-bond acceptors (Lipinski definition) is 2. The summed E-state index contributed by atoms with van der Waals surface area (Å²) in [4.78, 5) is 4.16. The molecule has 1 N–H and O–H groups in total. The van der Waals surface area contributed by atoms with E-state index in [1.165, 1.54) is 37.8 Å². The van der Waals surface area contributed by atoms with Crippen molar-refractivity contribution in [1.82, 2.24) is 10.3 Å². The number of halogens is 1. The summed E-state index contributed by atoms with van der Waals surface area (Å²) in [7, 11) is 0. The first-order chi connectivity index (χ1) is 7.34. The van der Waals surface area contributed by atoms with E-state index < -0.39 is 0 Å². The van der Waals surface area contributed by atoms with Crippen molar-refractivity contribution >= 4 is 15.9 Å². The highest BCUT2D eigenvalue weighted by Crippen LogP contribution is 2.18. The maximum absolute atomic E-state index is 4.16. The van der Waals surface area contributed by atoms with Crippen LogP contribution in [0.4, 0.5) is 0 Å². The van der Waals surface area contributed by atoms with Crippen molar-refractivity contribution in [3.63, 3.8) is 0 Å². The molecule has 2 nitrogen and oxygen atoms in total. The minimum absolute atomic E-state index is 0.845. The zero-order chi connectivity index (χ0) is 10.5. The Kier molecular flexibility index (Phi) is 4.15. The van der Waals surface area contributed by atoms with Gasteiger partial charge in [0.15, 0.2) is 0 Å². The number of nitrogens with zero attached hydrogens (tertiary/aromatic N) is 1. The number of aromatic nitrogens is 1. The standard InChI is InChI=1S/C12H17BrN2/c13-11-7-10(8-14-9-11)3-1-2-6-15-12-4-5-12/h7-9,12,15H,1-6H2. The van der Waals surface area contributed by atoms with Crippen molar-refractivity contribution < 1.29 is 0 Å². The lowest BCUT2D eigenvalue weighted by molar-refractivity contribution is 0.619. The first-order valence-electron chi connectivity index (χ1n) is 5.67. The molecule has 1 aromatic heterocycles. The SMILES string of the molecule is Brc1cncc(CCCCNC2CC2)c1. The highest BCUT2D eigenvalue weighted by Gasteiger charge is 2.19. The fraction of sp³-hybridized carbons (Fsp3) is 0.583. The summed E-state index contributed by atoms with van der Waals surface area (Å²) in [5.74, 6) is 0. The molecule has 0 radical (unpaired) electrons. The molecule has 1 heterocycles. The van der Waals surface area contributed by atoms with Gasteiger partial charge >= 0.3 is 0 Å². The molecule has 0 atom stereocenters. The van der Waals surface area contributed by atoms with Crippen molar-refractivity contribution in [2.24, 2.45) is 0 Å². The molecule has 0 unspecified atom stereocenters. The van der Waals surface area contributed by atoms with Gasteiger partial charge in [-0.15, -0.1) is 0 Å². The second kappa shape index (κ2) is 5.61. The maximum atomic E-state index is 4.16. The third-order valence-electron chi connectivity index (χ3n) is 2.66. The Morgan fingerprint density at radius 1 is 1.33 bits per heavy atom. The smallest absolute Gasteiger partial charge is 0.0410 e. The van der Waals surface area contributed by atoms with Crippen LogP contribution in [0.15, 0.2) is 22.9 Å². The largest absolute Gasteiger partial charge is 0.314 e. The van der Waals surface area contributed by atoms with Crippen molar-refractivity contribution in [2.45, 2.75) is 38.1 Å². The molecule has 1 aromatic rings. The predicted octanol–water partition coefficient (Wildman–Crippen LogP) is 2.92. The second-order valence-electron chi connectivity index (χ2n) is 4.20. The molecule has 1 saturated carbocycles. The average Bonchev–Trinajstić information content (AvgIpc) is 3.01. The average molecular weight is 269 g/mol. The van der Waals surface area contributed by atoms with Crippen molar-refractivity contribution in [3.8, 4) is 0 Å². The van der Waals surface area contributed by atoms with E-state index in [9.17, 15) is 0 Å². The van der Waals surface area contributed by atoms with E-state index >= 15 is 0 Å². The van der Waals surface area contributed by atoms with Crippen LogP contribution >= 0.6 is 15.9 Å². The summed E-state index contributed by atoms with van der Waals surface area (Å²) >= 11 is 3.44. The lowest BCUT2D eigenvalue weighted by Gasteiger charge is -2.03. The van der Waals surface area contributed by atoms with Gasteiger partial charge < -0.3 is 5.32 Å². The Morgan fingerprint density at radius 3 is 2.93 bits per heavy atom. The zero-order valence-electron chi connectivity index (χ0n) is 8.88. The molecule has 1 aliphatic rings. The summed E-state index contributed by atoms with van der Waals surface area (Å²) in [6.45, 7) is 1.17. The van der Waals surface area contributed by atoms with Crippen molar-refractivity contribution in [1.29, 1.82) is 0 Å². The lowest BCUT2D eigenvalue weighted by atomic mass is 10.1. The minimum atomic E-state index is 0.845. The lowest BCUT2D eigenvalue weighted by Crippen LogP contribution is -2.17. The van der Waals surface area contributed by atoms with E-state index in [1.807, 2.05) is 12.4 Å². The fourth-order valence-corrected chi connectivity index (χ4v) is 2.05. The molecule has 0 amide bonds. The monoisotopic (exact) mass is 268 g/mol. The fourth-order valence-electron chi connectivity index (χ4n) is 1.64. The van der Waals surface area contributed by atoms with E-state index in [0.717, 1.165) is 16.9 Å². The Balaban J connectivity index is 1.60. The molecule has 1 aliphatic carbocycles. The third-order valence-corrected chi connectivity index (χ3v) is 3.10. The van der Waals surface area contributed by atoms with E-state index in [1.54, 1.807) is 0 Å². The van der Waals surface area contributed by atoms with Gasteiger partial charge in [-0.25, -0.2) is 0 Å². The summed E-state index contributed by atoms with van der Waals surface area (Å²) in [5.41, 5.74) is 1.33. The molecule has 0 bridgehead atoms. The van der Waals surface area contributed by atoms with Gasteiger partial charge in [-0.3, -0.25) is 4.98 Å². The summed E-state index contributed by atoms with van der Waals surface area (Å²) in [6.07, 6.45) is 10.2. The van der Waals surface area contributed by atoms with Gasteiger partial charge in [0.1, 0.15) is 0 Å². The normalized spacial score (nSPS) is 15.5. The topological polar surface area (TPSA) is 24.9 Å². The third kappa shape index (κ3) is 4.31. The number of aryl methyl sites for hydroxylation is 1. The second-order valence-corrected chi connectivity index (χ2v) is 5.11. The number of hydrogen-bond donors (Lipinski definition) is 1. The van der Waals surface area contributed by atoms with Gasteiger partial charge in [0, 0.05) is 22.9 Å². The Hall–Kier alpha value is -0.410. The van der Waals surface area contributed by atoms with Crippen LogP contribution in [-0.4, -0.2) is 17.6 Å². The first kappa shape index (κ1) is 11.1. The highest BCUT2D eigenvalue weighted by atomic mass is 79.9. The molecule has 0 saturated heterocycles. The number of pyridine rings is 1. The summed E-state index contributed by atoms with van der Waals surface area (Å²) in [5, 5.41) is 3.53. The molecule has 0 spiro atoms. The van der Waals surface area contributed by atoms with Crippen molar-refractivity contribution in [2.75, 3.05) is 6.54 Å². The van der Waals surface area contributed by atoms with E-state index in [2.05, 4.69) is 32.3 Å². The predicted molar refractivity (Wildman–Crippen MR) is 65.9 cm³/mol. The number of rotatable bonds is 6. The van der Waals surface area contributed by atoms with E-state index in [4.69, 9.17) is 0 Å². The highest BCUT2D eigenvalue weighted by molar-refractivity contribution is 9.10. The van der Waals surface area contributed by atoms with Crippen LogP contribution in [0.3, 0.4) is 0 Å². The Labute approximate surface area is 99.6 Å². The minimum Gasteiger partial charge on any atom is -0.314 e. The molecular weight excluding hydrogens is 252 g/mol. The molecule has 3 heteroatoms. The zero-order valence-corrected chi connectivity index (χ0v) is 10.5. The van der Waals surface area contributed by atoms with Gasteiger partial charge in [-0.05, 0) is 66.2 Å². The van der Waals surface area contributed by atoms with Crippen LogP contribution in [-0.2, 0) is 6.42 Å².